The fraction of sp³-hybridized carbons (Fsp3) is 0.300. The van der Waals surface area contributed by atoms with E-state index in [0.29, 0.717) is 34.7 Å². The number of nitrogens with one attached hydrogen (secondary N) is 1. The second-order valence-corrected chi connectivity index (χ2v) is 5.99. The molecule has 0 saturated heterocycles. The molecule has 0 heterocycles. The van der Waals surface area contributed by atoms with Crippen molar-refractivity contribution in [2.24, 2.45) is 0 Å². The van der Waals surface area contributed by atoms with Crippen molar-refractivity contribution in [2.75, 3.05) is 18.5 Å². The molecule has 0 bridgehead atoms. The molecule has 0 spiro atoms. The minimum Gasteiger partial charge on any atom is -0.494 e. The molecule has 0 aliphatic heterocycles. The topological polar surface area (TPSA) is 84.9 Å². The van der Waals surface area contributed by atoms with Gasteiger partial charge in [-0.3, -0.25) is 4.79 Å². The number of ether oxygens (including phenoxy) is 2. The Morgan fingerprint density at radius 3 is 2.19 bits per heavy atom. The van der Waals surface area contributed by atoms with Crippen molar-refractivity contribution in [3.8, 4) is 11.5 Å². The summed E-state index contributed by atoms with van der Waals surface area (Å²) in [4.78, 5) is 23.3. The molecule has 2 N–H and O–H groups in total. The summed E-state index contributed by atoms with van der Waals surface area (Å²) in [6, 6.07) is 8.86. The van der Waals surface area contributed by atoms with Crippen molar-refractivity contribution in [1.29, 1.82) is 0 Å². The zero-order valence-electron chi connectivity index (χ0n) is 15.4. The number of aliphatic carboxylic acids is 1. The summed E-state index contributed by atoms with van der Waals surface area (Å²) in [5.41, 5.74) is 3.51. The van der Waals surface area contributed by atoms with Gasteiger partial charge >= 0.3 is 5.97 Å². The van der Waals surface area contributed by atoms with Crippen LogP contribution < -0.4 is 14.8 Å². The molecule has 26 heavy (non-hydrogen) atoms. The first-order valence-corrected chi connectivity index (χ1v) is 8.32. The largest absolute Gasteiger partial charge is 0.494 e. The smallest absolute Gasteiger partial charge is 0.341 e. The molecule has 138 valence electrons. The maximum absolute atomic E-state index is 12.6. The molecule has 1 amide bonds. The van der Waals surface area contributed by atoms with Crippen molar-refractivity contribution < 1.29 is 24.2 Å². The number of rotatable bonds is 7. The maximum atomic E-state index is 12.6. The molecule has 0 aliphatic rings. The molecule has 0 aliphatic carbocycles. The Hall–Kier alpha value is -3.02. The van der Waals surface area contributed by atoms with Gasteiger partial charge in [0.05, 0.1) is 6.61 Å². The number of anilines is 1. The molecule has 0 fully saturated rings. The van der Waals surface area contributed by atoms with Gasteiger partial charge < -0.3 is 19.9 Å². The number of hydrogen-bond donors (Lipinski definition) is 2. The molecule has 0 atom stereocenters. The summed E-state index contributed by atoms with van der Waals surface area (Å²) in [6.07, 6.45) is 0. The van der Waals surface area contributed by atoms with E-state index in [0.717, 1.165) is 11.3 Å². The third-order valence-corrected chi connectivity index (χ3v) is 3.82. The molecular weight excluding hydrogens is 334 g/mol. The molecule has 2 rings (SSSR count). The molecule has 6 heteroatoms. The Morgan fingerprint density at radius 2 is 1.65 bits per heavy atom. The van der Waals surface area contributed by atoms with Gasteiger partial charge in [-0.15, -0.1) is 0 Å². The van der Waals surface area contributed by atoms with E-state index in [-0.39, 0.29) is 5.91 Å². The van der Waals surface area contributed by atoms with Gasteiger partial charge in [-0.2, -0.15) is 0 Å². The average molecular weight is 357 g/mol. The van der Waals surface area contributed by atoms with E-state index in [1.54, 1.807) is 26.0 Å². The van der Waals surface area contributed by atoms with Crippen molar-refractivity contribution in [3.05, 3.63) is 52.6 Å². The number of carbonyl (C=O) groups excluding carboxylic acids is 1. The highest BCUT2D eigenvalue weighted by molar-refractivity contribution is 6.05. The van der Waals surface area contributed by atoms with Crippen LogP contribution in [0.15, 0.2) is 30.3 Å². The van der Waals surface area contributed by atoms with Crippen LogP contribution in [0.1, 0.15) is 34.0 Å². The summed E-state index contributed by atoms with van der Waals surface area (Å²) in [7, 11) is 0. The van der Waals surface area contributed by atoms with E-state index >= 15 is 0 Å². The molecule has 0 saturated carbocycles. The van der Waals surface area contributed by atoms with Crippen LogP contribution in [0.2, 0.25) is 0 Å². The molecule has 0 aromatic heterocycles. The van der Waals surface area contributed by atoms with Crippen LogP contribution >= 0.6 is 0 Å². The average Bonchev–Trinajstić information content (AvgIpc) is 2.56. The number of amides is 1. The number of aryl methyl sites for hydroxylation is 3. The molecule has 6 nitrogen and oxygen atoms in total. The SMILES string of the molecule is CCOc1ccc(NC(=O)c2cc(C)c(OCC(=O)O)c(C)c2)c(C)c1. The second-order valence-electron chi connectivity index (χ2n) is 5.99. The number of carboxylic acid groups (broad SMARTS) is 1. The Balaban J connectivity index is 2.18. The van der Waals surface area contributed by atoms with Crippen LogP contribution in [0.25, 0.3) is 0 Å². The van der Waals surface area contributed by atoms with Crippen LogP contribution in [0, 0.1) is 20.8 Å². The van der Waals surface area contributed by atoms with Crippen molar-refractivity contribution in [1.82, 2.24) is 0 Å². The Bertz CT molecular complexity index is 806. The van der Waals surface area contributed by atoms with Crippen LogP contribution in [-0.2, 0) is 4.79 Å². The lowest BCUT2D eigenvalue weighted by Crippen LogP contribution is -2.15. The van der Waals surface area contributed by atoms with Crippen LogP contribution in [0.5, 0.6) is 11.5 Å². The number of benzene rings is 2. The van der Waals surface area contributed by atoms with Gasteiger partial charge in [-0.1, -0.05) is 0 Å². The first kappa shape index (κ1) is 19.3. The number of hydrogen-bond acceptors (Lipinski definition) is 4. The Morgan fingerprint density at radius 1 is 1.00 bits per heavy atom. The van der Waals surface area contributed by atoms with Crippen molar-refractivity contribution in [3.63, 3.8) is 0 Å². The highest BCUT2D eigenvalue weighted by Gasteiger charge is 2.14. The standard InChI is InChI=1S/C20H23NO5/c1-5-25-16-6-7-17(12(2)10-16)21-20(24)15-8-13(3)19(14(4)9-15)26-11-18(22)23/h6-10H,5,11H2,1-4H3,(H,21,24)(H,22,23). The molecule has 0 radical (unpaired) electrons. The lowest BCUT2D eigenvalue weighted by atomic mass is 10.0. The van der Waals surface area contributed by atoms with Crippen LogP contribution in [0.4, 0.5) is 5.69 Å². The van der Waals surface area contributed by atoms with Gasteiger partial charge in [0.2, 0.25) is 0 Å². The summed E-state index contributed by atoms with van der Waals surface area (Å²) in [5, 5.41) is 11.6. The summed E-state index contributed by atoms with van der Waals surface area (Å²) < 4.78 is 10.7. The lowest BCUT2D eigenvalue weighted by Gasteiger charge is -2.14. The maximum Gasteiger partial charge on any atom is 0.341 e. The van der Waals surface area contributed by atoms with Gasteiger partial charge in [0, 0.05) is 11.3 Å². The summed E-state index contributed by atoms with van der Waals surface area (Å²) in [6.45, 7) is 7.54. The number of carboxylic acids is 1. The van der Waals surface area contributed by atoms with Crippen molar-refractivity contribution >= 4 is 17.6 Å². The van der Waals surface area contributed by atoms with Crippen LogP contribution in [-0.4, -0.2) is 30.2 Å². The van der Waals surface area contributed by atoms with E-state index in [2.05, 4.69) is 5.32 Å². The predicted octanol–water partition coefficient (Wildman–Crippen LogP) is 3.73. The van der Waals surface area contributed by atoms with Crippen molar-refractivity contribution in [2.45, 2.75) is 27.7 Å². The van der Waals surface area contributed by atoms with E-state index in [1.165, 1.54) is 0 Å². The zero-order valence-corrected chi connectivity index (χ0v) is 15.4. The summed E-state index contributed by atoms with van der Waals surface area (Å²) in [5.74, 6) is -0.0411. The van der Waals surface area contributed by atoms with Gasteiger partial charge in [-0.05, 0) is 74.7 Å². The van der Waals surface area contributed by atoms with Gasteiger partial charge in [0.1, 0.15) is 11.5 Å². The third-order valence-electron chi connectivity index (χ3n) is 3.82. The van der Waals surface area contributed by atoms with Gasteiger partial charge in [0.15, 0.2) is 6.61 Å². The highest BCUT2D eigenvalue weighted by atomic mass is 16.5. The van der Waals surface area contributed by atoms with E-state index < -0.39 is 12.6 Å². The van der Waals surface area contributed by atoms with E-state index in [1.807, 2.05) is 32.0 Å². The van der Waals surface area contributed by atoms with Gasteiger partial charge in [0.25, 0.3) is 5.91 Å². The summed E-state index contributed by atoms with van der Waals surface area (Å²) >= 11 is 0. The molecule has 0 unspecified atom stereocenters. The van der Waals surface area contributed by atoms with Gasteiger partial charge in [-0.25, -0.2) is 4.79 Å². The Kier molecular flexibility index (Phi) is 6.22. The Labute approximate surface area is 152 Å². The fourth-order valence-electron chi connectivity index (χ4n) is 2.67. The third kappa shape index (κ3) is 4.75. The second kappa shape index (κ2) is 8.38. The monoisotopic (exact) mass is 357 g/mol. The minimum atomic E-state index is -1.04. The molecule has 2 aromatic carbocycles. The first-order chi connectivity index (χ1) is 12.3. The van der Waals surface area contributed by atoms with Crippen LogP contribution in [0.3, 0.4) is 0 Å². The quantitative estimate of drug-likeness (QED) is 0.789. The zero-order chi connectivity index (χ0) is 19.3. The molecule has 2 aromatic rings. The minimum absolute atomic E-state index is 0.242. The van der Waals surface area contributed by atoms with E-state index in [9.17, 15) is 9.59 Å². The number of carbonyl (C=O) groups is 2. The van der Waals surface area contributed by atoms with E-state index in [4.69, 9.17) is 14.6 Å². The lowest BCUT2D eigenvalue weighted by molar-refractivity contribution is -0.139. The normalized spacial score (nSPS) is 10.3. The predicted molar refractivity (Wildman–Crippen MR) is 99.3 cm³/mol. The highest BCUT2D eigenvalue weighted by Crippen LogP contribution is 2.26. The fourth-order valence-corrected chi connectivity index (χ4v) is 2.67. The molecular formula is C20H23NO5. The first-order valence-electron chi connectivity index (χ1n) is 8.32.